The van der Waals surface area contributed by atoms with E-state index in [0.717, 1.165) is 38.8 Å². The standard InChI is InChI=1S/C12H23NO3/c1-15-12(6-7-16-9-12)8-13-10-4-2-3-5-11(10)14/h10-11,13-14H,2-9H2,1H3/t10-,11-,12?/m0/s1. The predicted molar refractivity (Wildman–Crippen MR) is 61.4 cm³/mol. The van der Waals surface area contributed by atoms with Crippen LogP contribution in [0, 0.1) is 0 Å². The average molecular weight is 229 g/mol. The Bertz CT molecular complexity index is 216. The molecule has 4 nitrogen and oxygen atoms in total. The van der Waals surface area contributed by atoms with E-state index < -0.39 is 0 Å². The lowest BCUT2D eigenvalue weighted by Crippen LogP contribution is -2.50. The van der Waals surface area contributed by atoms with E-state index in [-0.39, 0.29) is 17.7 Å². The third-order valence-electron chi connectivity index (χ3n) is 3.92. The van der Waals surface area contributed by atoms with Crippen molar-refractivity contribution in [2.24, 2.45) is 0 Å². The van der Waals surface area contributed by atoms with Crippen LogP contribution >= 0.6 is 0 Å². The van der Waals surface area contributed by atoms with E-state index in [4.69, 9.17) is 9.47 Å². The molecule has 0 amide bonds. The van der Waals surface area contributed by atoms with Crippen molar-refractivity contribution in [3.63, 3.8) is 0 Å². The molecule has 1 aliphatic carbocycles. The van der Waals surface area contributed by atoms with Crippen molar-refractivity contribution < 1.29 is 14.6 Å². The zero-order valence-corrected chi connectivity index (χ0v) is 10.1. The monoisotopic (exact) mass is 229 g/mol. The highest BCUT2D eigenvalue weighted by Gasteiger charge is 2.36. The molecule has 1 unspecified atom stereocenters. The van der Waals surface area contributed by atoms with Gasteiger partial charge in [-0.3, -0.25) is 0 Å². The molecule has 0 aromatic rings. The number of methoxy groups -OCH3 is 1. The highest BCUT2D eigenvalue weighted by Crippen LogP contribution is 2.23. The van der Waals surface area contributed by atoms with Gasteiger partial charge in [-0.15, -0.1) is 0 Å². The summed E-state index contributed by atoms with van der Waals surface area (Å²) in [5.41, 5.74) is -0.169. The minimum absolute atomic E-state index is 0.169. The molecule has 4 heteroatoms. The molecule has 94 valence electrons. The van der Waals surface area contributed by atoms with Crippen LogP contribution < -0.4 is 5.32 Å². The van der Waals surface area contributed by atoms with E-state index >= 15 is 0 Å². The lowest BCUT2D eigenvalue weighted by molar-refractivity contribution is -0.0231. The second-order valence-corrected chi connectivity index (χ2v) is 5.03. The van der Waals surface area contributed by atoms with Crippen LogP contribution in [0.2, 0.25) is 0 Å². The van der Waals surface area contributed by atoms with Crippen LogP contribution in [0.5, 0.6) is 0 Å². The summed E-state index contributed by atoms with van der Waals surface area (Å²) in [6.07, 6.45) is 5.11. The van der Waals surface area contributed by atoms with Crippen LogP contribution in [-0.4, -0.2) is 49.7 Å². The number of hydrogen-bond acceptors (Lipinski definition) is 4. The van der Waals surface area contributed by atoms with Gasteiger partial charge in [0.2, 0.25) is 0 Å². The van der Waals surface area contributed by atoms with Crippen LogP contribution in [0.25, 0.3) is 0 Å². The van der Waals surface area contributed by atoms with Crippen molar-refractivity contribution in [2.45, 2.75) is 49.9 Å². The normalized spacial score (nSPS) is 40.1. The Morgan fingerprint density at radius 1 is 1.44 bits per heavy atom. The van der Waals surface area contributed by atoms with E-state index in [0.29, 0.717) is 6.61 Å². The van der Waals surface area contributed by atoms with Crippen molar-refractivity contribution in [3.05, 3.63) is 0 Å². The molecule has 3 atom stereocenters. The van der Waals surface area contributed by atoms with Gasteiger partial charge in [0.15, 0.2) is 0 Å². The fraction of sp³-hybridized carbons (Fsp3) is 1.00. The quantitative estimate of drug-likeness (QED) is 0.744. The summed E-state index contributed by atoms with van der Waals surface area (Å²) in [5.74, 6) is 0. The zero-order chi connectivity index (χ0) is 11.4. The molecule has 0 bridgehead atoms. The van der Waals surface area contributed by atoms with E-state index in [2.05, 4.69) is 5.32 Å². The van der Waals surface area contributed by atoms with Gasteiger partial charge in [-0.1, -0.05) is 12.8 Å². The largest absolute Gasteiger partial charge is 0.392 e. The van der Waals surface area contributed by atoms with E-state index in [1.807, 2.05) is 0 Å². The van der Waals surface area contributed by atoms with Crippen molar-refractivity contribution >= 4 is 0 Å². The Kier molecular flexibility index (Phi) is 4.19. The number of ether oxygens (including phenoxy) is 2. The molecule has 0 aromatic heterocycles. The first kappa shape index (κ1) is 12.3. The molecular weight excluding hydrogens is 206 g/mol. The van der Waals surface area contributed by atoms with Gasteiger partial charge in [-0.05, 0) is 12.8 Å². The van der Waals surface area contributed by atoms with Gasteiger partial charge in [-0.2, -0.15) is 0 Å². The summed E-state index contributed by atoms with van der Waals surface area (Å²) in [6.45, 7) is 2.23. The topological polar surface area (TPSA) is 50.7 Å². The lowest BCUT2D eigenvalue weighted by atomic mass is 9.91. The van der Waals surface area contributed by atoms with Crippen LogP contribution in [0.1, 0.15) is 32.1 Å². The van der Waals surface area contributed by atoms with Gasteiger partial charge in [0.1, 0.15) is 5.60 Å². The van der Waals surface area contributed by atoms with E-state index in [9.17, 15) is 5.11 Å². The van der Waals surface area contributed by atoms with Crippen LogP contribution in [0.3, 0.4) is 0 Å². The summed E-state index contributed by atoms with van der Waals surface area (Å²) < 4.78 is 10.9. The maximum absolute atomic E-state index is 9.86. The molecule has 1 saturated carbocycles. The van der Waals surface area contributed by atoms with Crippen LogP contribution in [0.15, 0.2) is 0 Å². The van der Waals surface area contributed by atoms with Gasteiger partial charge >= 0.3 is 0 Å². The Morgan fingerprint density at radius 2 is 2.25 bits per heavy atom. The molecule has 2 aliphatic rings. The zero-order valence-electron chi connectivity index (χ0n) is 10.1. The maximum Gasteiger partial charge on any atom is 0.106 e. The van der Waals surface area contributed by atoms with Gasteiger partial charge in [-0.25, -0.2) is 0 Å². The van der Waals surface area contributed by atoms with Gasteiger partial charge in [0, 0.05) is 32.7 Å². The minimum Gasteiger partial charge on any atom is -0.392 e. The molecule has 1 aliphatic heterocycles. The fourth-order valence-corrected chi connectivity index (χ4v) is 2.63. The number of aliphatic hydroxyl groups is 1. The van der Waals surface area contributed by atoms with Crippen molar-refractivity contribution in [2.75, 3.05) is 26.9 Å². The molecule has 2 fully saturated rings. The van der Waals surface area contributed by atoms with E-state index in [1.54, 1.807) is 7.11 Å². The third-order valence-corrected chi connectivity index (χ3v) is 3.92. The lowest BCUT2D eigenvalue weighted by Gasteiger charge is -2.33. The SMILES string of the molecule is COC1(CN[C@H]2CCCC[C@@H]2O)CCOC1. The smallest absolute Gasteiger partial charge is 0.106 e. The first-order valence-corrected chi connectivity index (χ1v) is 6.30. The van der Waals surface area contributed by atoms with Crippen LogP contribution in [-0.2, 0) is 9.47 Å². The van der Waals surface area contributed by atoms with Crippen molar-refractivity contribution in [1.82, 2.24) is 5.32 Å². The summed E-state index contributed by atoms with van der Waals surface area (Å²) in [6, 6.07) is 0.237. The minimum atomic E-state index is -0.190. The molecule has 2 N–H and O–H groups in total. The second-order valence-electron chi connectivity index (χ2n) is 5.03. The van der Waals surface area contributed by atoms with Gasteiger partial charge in [0.05, 0.1) is 12.7 Å². The molecule has 16 heavy (non-hydrogen) atoms. The molecular formula is C12H23NO3. The molecule has 2 rings (SSSR count). The summed E-state index contributed by atoms with van der Waals surface area (Å²) in [4.78, 5) is 0. The molecule has 0 radical (unpaired) electrons. The summed E-state index contributed by atoms with van der Waals surface area (Å²) in [5, 5.41) is 13.3. The van der Waals surface area contributed by atoms with Crippen LogP contribution in [0.4, 0.5) is 0 Å². The highest BCUT2D eigenvalue weighted by molar-refractivity contribution is 4.90. The third kappa shape index (κ3) is 2.74. The Morgan fingerprint density at radius 3 is 2.88 bits per heavy atom. The van der Waals surface area contributed by atoms with Gasteiger partial charge in [0.25, 0.3) is 0 Å². The molecule has 0 spiro atoms. The molecule has 1 heterocycles. The fourth-order valence-electron chi connectivity index (χ4n) is 2.63. The first-order valence-electron chi connectivity index (χ1n) is 6.30. The van der Waals surface area contributed by atoms with Crippen molar-refractivity contribution in [3.8, 4) is 0 Å². The molecule has 1 saturated heterocycles. The maximum atomic E-state index is 9.86. The highest BCUT2D eigenvalue weighted by atomic mass is 16.5. The first-order chi connectivity index (χ1) is 7.76. The van der Waals surface area contributed by atoms with Crippen molar-refractivity contribution in [1.29, 1.82) is 0 Å². The predicted octanol–water partition coefficient (Wildman–Crippen LogP) is 0.685. The Balaban J connectivity index is 1.80. The van der Waals surface area contributed by atoms with E-state index in [1.165, 1.54) is 6.42 Å². The molecule has 0 aromatic carbocycles. The number of aliphatic hydroxyl groups excluding tert-OH is 1. The average Bonchev–Trinajstić information content (AvgIpc) is 2.78. The summed E-state index contributed by atoms with van der Waals surface area (Å²) in [7, 11) is 1.74. The number of rotatable bonds is 4. The van der Waals surface area contributed by atoms with Gasteiger partial charge < -0.3 is 19.9 Å². The second kappa shape index (κ2) is 5.45. The summed E-state index contributed by atoms with van der Waals surface area (Å²) >= 11 is 0. The number of hydrogen-bond donors (Lipinski definition) is 2. The number of nitrogens with one attached hydrogen (secondary N) is 1. The Labute approximate surface area is 97.3 Å². The Hall–Kier alpha value is -0.160.